The number of piperazine rings is 1. The zero-order valence-electron chi connectivity index (χ0n) is 19.6. The first-order valence-electron chi connectivity index (χ1n) is 11.5. The molecule has 4 aromatic rings. The number of rotatable bonds is 5. The van der Waals surface area contributed by atoms with Crippen molar-refractivity contribution in [3.63, 3.8) is 0 Å². The summed E-state index contributed by atoms with van der Waals surface area (Å²) in [6.45, 7) is 9.22. The molecule has 9 nitrogen and oxygen atoms in total. The molecule has 9 heteroatoms. The SMILES string of the molecule is CCOc1ccc(-n2nnc3c(N4CCN(C(=O)c5ccc(C)c(C)c5)CC4)ncnc32)cc1. The lowest BCUT2D eigenvalue weighted by atomic mass is 10.1. The minimum atomic E-state index is 0.0667. The molecule has 0 aliphatic carbocycles. The van der Waals surface area contributed by atoms with Gasteiger partial charge in [0, 0.05) is 31.7 Å². The molecule has 0 bridgehead atoms. The van der Waals surface area contributed by atoms with Gasteiger partial charge < -0.3 is 14.5 Å². The Morgan fingerprint density at radius 2 is 1.74 bits per heavy atom. The number of ether oxygens (including phenoxy) is 1. The van der Waals surface area contributed by atoms with Gasteiger partial charge in [0.05, 0.1) is 12.3 Å². The van der Waals surface area contributed by atoms with E-state index < -0.39 is 0 Å². The molecule has 5 rings (SSSR count). The molecular formula is C25H27N7O2. The molecule has 1 saturated heterocycles. The van der Waals surface area contributed by atoms with Gasteiger partial charge in [-0.05, 0) is 68.3 Å². The summed E-state index contributed by atoms with van der Waals surface area (Å²) >= 11 is 0. The maximum atomic E-state index is 13.0. The zero-order valence-corrected chi connectivity index (χ0v) is 19.6. The molecule has 3 heterocycles. The van der Waals surface area contributed by atoms with E-state index in [-0.39, 0.29) is 5.91 Å². The van der Waals surface area contributed by atoms with E-state index in [0.717, 1.165) is 28.4 Å². The first-order chi connectivity index (χ1) is 16.5. The molecule has 34 heavy (non-hydrogen) atoms. The summed E-state index contributed by atoms with van der Waals surface area (Å²) in [4.78, 5) is 26.0. The zero-order chi connectivity index (χ0) is 23.7. The maximum Gasteiger partial charge on any atom is 0.253 e. The number of benzene rings is 2. The van der Waals surface area contributed by atoms with Crippen LogP contribution in [0.15, 0.2) is 48.8 Å². The van der Waals surface area contributed by atoms with Crippen molar-refractivity contribution in [3.05, 3.63) is 65.5 Å². The van der Waals surface area contributed by atoms with Crippen LogP contribution < -0.4 is 9.64 Å². The summed E-state index contributed by atoms with van der Waals surface area (Å²) in [5, 5.41) is 8.71. The van der Waals surface area contributed by atoms with E-state index in [9.17, 15) is 4.79 Å². The van der Waals surface area contributed by atoms with Crippen molar-refractivity contribution in [2.24, 2.45) is 0 Å². The number of carbonyl (C=O) groups excluding carboxylic acids is 1. The van der Waals surface area contributed by atoms with Crippen molar-refractivity contribution in [1.29, 1.82) is 0 Å². The van der Waals surface area contributed by atoms with Gasteiger partial charge in [0.15, 0.2) is 17.0 Å². The first-order valence-corrected chi connectivity index (χ1v) is 11.5. The minimum absolute atomic E-state index is 0.0667. The predicted molar refractivity (Wildman–Crippen MR) is 130 cm³/mol. The fourth-order valence-electron chi connectivity index (χ4n) is 4.17. The van der Waals surface area contributed by atoms with Crippen LogP contribution in [0.3, 0.4) is 0 Å². The Hall–Kier alpha value is -4.01. The van der Waals surface area contributed by atoms with Crippen LogP contribution in [0, 0.1) is 13.8 Å². The van der Waals surface area contributed by atoms with Crippen LogP contribution in [-0.2, 0) is 0 Å². The molecule has 1 aliphatic heterocycles. The van der Waals surface area contributed by atoms with Crippen LogP contribution in [0.5, 0.6) is 5.75 Å². The maximum absolute atomic E-state index is 13.0. The number of amides is 1. The fourth-order valence-corrected chi connectivity index (χ4v) is 4.17. The van der Waals surface area contributed by atoms with Crippen molar-refractivity contribution < 1.29 is 9.53 Å². The highest BCUT2D eigenvalue weighted by atomic mass is 16.5. The largest absolute Gasteiger partial charge is 0.494 e. The second-order valence-corrected chi connectivity index (χ2v) is 8.38. The van der Waals surface area contributed by atoms with E-state index in [1.54, 1.807) is 11.0 Å². The lowest BCUT2D eigenvalue weighted by Gasteiger charge is -2.35. The molecule has 2 aromatic carbocycles. The molecular weight excluding hydrogens is 430 g/mol. The van der Waals surface area contributed by atoms with Gasteiger partial charge >= 0.3 is 0 Å². The van der Waals surface area contributed by atoms with Crippen molar-refractivity contribution in [2.45, 2.75) is 20.8 Å². The highest BCUT2D eigenvalue weighted by Gasteiger charge is 2.25. The Balaban J connectivity index is 1.33. The highest BCUT2D eigenvalue weighted by molar-refractivity contribution is 5.94. The summed E-state index contributed by atoms with van der Waals surface area (Å²) < 4.78 is 7.23. The van der Waals surface area contributed by atoms with Gasteiger partial charge in [-0.15, -0.1) is 5.10 Å². The third-order valence-corrected chi connectivity index (χ3v) is 6.23. The minimum Gasteiger partial charge on any atom is -0.494 e. The van der Waals surface area contributed by atoms with Crippen molar-refractivity contribution in [2.75, 3.05) is 37.7 Å². The molecule has 0 unspecified atom stereocenters. The molecule has 0 N–H and O–H groups in total. The van der Waals surface area contributed by atoms with E-state index in [0.29, 0.717) is 43.9 Å². The Morgan fingerprint density at radius 3 is 2.44 bits per heavy atom. The van der Waals surface area contributed by atoms with E-state index in [1.165, 1.54) is 5.56 Å². The van der Waals surface area contributed by atoms with Crippen LogP contribution in [0.25, 0.3) is 16.9 Å². The van der Waals surface area contributed by atoms with E-state index in [4.69, 9.17) is 4.74 Å². The number of anilines is 1. The van der Waals surface area contributed by atoms with Crippen LogP contribution in [0.4, 0.5) is 5.82 Å². The van der Waals surface area contributed by atoms with Gasteiger partial charge in [-0.2, -0.15) is 4.68 Å². The van der Waals surface area contributed by atoms with Crippen LogP contribution in [0.2, 0.25) is 0 Å². The third kappa shape index (κ3) is 4.05. The second-order valence-electron chi connectivity index (χ2n) is 8.38. The summed E-state index contributed by atoms with van der Waals surface area (Å²) in [6.07, 6.45) is 1.54. The lowest BCUT2D eigenvalue weighted by molar-refractivity contribution is 0.0746. The average Bonchev–Trinajstić information content (AvgIpc) is 3.30. The van der Waals surface area contributed by atoms with Crippen molar-refractivity contribution >= 4 is 22.9 Å². The summed E-state index contributed by atoms with van der Waals surface area (Å²) in [5.41, 5.74) is 5.18. The van der Waals surface area contributed by atoms with Crippen LogP contribution in [0.1, 0.15) is 28.4 Å². The number of aryl methyl sites for hydroxylation is 2. The van der Waals surface area contributed by atoms with Gasteiger partial charge in [-0.3, -0.25) is 4.79 Å². The third-order valence-electron chi connectivity index (χ3n) is 6.23. The Labute approximate surface area is 198 Å². The first kappa shape index (κ1) is 21.8. The van der Waals surface area contributed by atoms with Gasteiger partial charge in [0.25, 0.3) is 5.91 Å². The summed E-state index contributed by atoms with van der Waals surface area (Å²) in [5.74, 6) is 1.61. The quantitative estimate of drug-likeness (QED) is 0.455. The molecule has 1 fully saturated rings. The average molecular weight is 458 g/mol. The topological polar surface area (TPSA) is 89.3 Å². The molecule has 1 aliphatic rings. The predicted octanol–water partition coefficient (Wildman–Crippen LogP) is 3.19. The molecule has 1 amide bonds. The van der Waals surface area contributed by atoms with Gasteiger partial charge in [0.2, 0.25) is 0 Å². The van der Waals surface area contributed by atoms with E-state index in [2.05, 4.69) is 32.1 Å². The molecule has 0 spiro atoms. The molecule has 0 saturated carbocycles. The van der Waals surface area contributed by atoms with Gasteiger partial charge in [-0.1, -0.05) is 11.3 Å². The van der Waals surface area contributed by atoms with Crippen LogP contribution in [-0.4, -0.2) is 68.6 Å². The van der Waals surface area contributed by atoms with Crippen molar-refractivity contribution in [3.8, 4) is 11.4 Å². The lowest BCUT2D eigenvalue weighted by Crippen LogP contribution is -2.49. The summed E-state index contributed by atoms with van der Waals surface area (Å²) in [7, 11) is 0. The normalized spacial score (nSPS) is 14.0. The van der Waals surface area contributed by atoms with Crippen molar-refractivity contribution in [1.82, 2.24) is 29.9 Å². The second kappa shape index (κ2) is 9.09. The Morgan fingerprint density at radius 1 is 0.971 bits per heavy atom. The molecule has 0 atom stereocenters. The summed E-state index contributed by atoms with van der Waals surface area (Å²) in [6, 6.07) is 13.5. The fraction of sp³-hybridized carbons (Fsp3) is 0.320. The Bertz CT molecular complexity index is 1330. The molecule has 2 aromatic heterocycles. The van der Waals surface area contributed by atoms with E-state index in [1.807, 2.05) is 61.2 Å². The Kier molecular flexibility index (Phi) is 5.83. The van der Waals surface area contributed by atoms with Crippen LogP contribution >= 0.6 is 0 Å². The number of hydrogen-bond acceptors (Lipinski definition) is 7. The number of aromatic nitrogens is 5. The standard InChI is InChI=1S/C25H27N7O2/c1-4-34-21-9-7-20(8-10-21)32-24-22(28-29-32)23(26-16-27-24)30-11-13-31(14-12-30)25(33)19-6-5-17(2)18(3)15-19/h5-10,15-16H,4,11-14H2,1-3H3. The smallest absolute Gasteiger partial charge is 0.253 e. The van der Waals surface area contributed by atoms with Gasteiger partial charge in [-0.25, -0.2) is 9.97 Å². The highest BCUT2D eigenvalue weighted by Crippen LogP contribution is 2.25. The van der Waals surface area contributed by atoms with Gasteiger partial charge in [0.1, 0.15) is 12.1 Å². The van der Waals surface area contributed by atoms with E-state index >= 15 is 0 Å². The monoisotopic (exact) mass is 457 g/mol. The molecule has 174 valence electrons. The number of hydrogen-bond donors (Lipinski definition) is 0. The number of fused-ring (bicyclic) bond motifs is 1. The molecule has 0 radical (unpaired) electrons. The number of carbonyl (C=O) groups is 1. The number of nitrogens with zero attached hydrogens (tertiary/aromatic N) is 7.